The predicted octanol–water partition coefficient (Wildman–Crippen LogP) is 8.03. The lowest BCUT2D eigenvalue weighted by Gasteiger charge is -2.47. The number of ether oxygens (including phenoxy) is 6. The van der Waals surface area contributed by atoms with E-state index in [0.29, 0.717) is 33.0 Å². The molecule has 4 aromatic rings. The first-order chi connectivity index (χ1) is 22.8. The number of hydrogen-bond acceptors (Lipinski definition) is 6. The molecule has 0 radical (unpaired) electrons. The van der Waals surface area contributed by atoms with E-state index in [0.717, 1.165) is 47.9 Å². The first-order valence-corrected chi connectivity index (χ1v) is 16.7. The van der Waals surface area contributed by atoms with E-state index < -0.39 is 30.7 Å². The van der Waals surface area contributed by atoms with Crippen molar-refractivity contribution in [2.75, 3.05) is 6.61 Å². The Hall–Kier alpha value is -3.36. The lowest BCUT2D eigenvalue weighted by molar-refractivity contribution is -0.337. The molecule has 0 spiro atoms. The normalized spacial score (nSPS) is 23.7. The number of benzene rings is 4. The molecule has 0 amide bonds. The summed E-state index contributed by atoms with van der Waals surface area (Å²) in [5.41, 5.74) is 4.35. The molecule has 1 heterocycles. The van der Waals surface area contributed by atoms with Crippen LogP contribution in [0, 0.1) is 0 Å². The first-order valence-electron chi connectivity index (χ1n) is 16.7. The number of hydrogen-bond donors (Lipinski definition) is 0. The Morgan fingerprint density at radius 2 is 0.913 bits per heavy atom. The standard InChI is InChI=1S/C40H46O6/c1-6-16-31(17-7-1)26-41-30-36-37(42-27-32-18-8-2-9-19-32)38(43-28-33-20-10-3-11-21-33)39(44-29-34-22-12-4-13-23-34)40(46-36)45-35-24-14-5-15-25-35/h1-4,6-13,16-23,35-40H,5,14-15,24-30H2/t36?,37-,38?,39?,40+/m0/s1. The van der Waals surface area contributed by atoms with Crippen molar-refractivity contribution >= 4 is 0 Å². The predicted molar refractivity (Wildman–Crippen MR) is 178 cm³/mol. The van der Waals surface area contributed by atoms with Gasteiger partial charge in [-0.1, -0.05) is 141 Å². The van der Waals surface area contributed by atoms with Crippen LogP contribution in [0.5, 0.6) is 0 Å². The van der Waals surface area contributed by atoms with Gasteiger partial charge in [0.15, 0.2) is 6.29 Å². The van der Waals surface area contributed by atoms with Crippen LogP contribution < -0.4 is 0 Å². The largest absolute Gasteiger partial charge is 0.374 e. The molecule has 6 rings (SSSR count). The summed E-state index contributed by atoms with van der Waals surface area (Å²) in [7, 11) is 0. The van der Waals surface area contributed by atoms with Crippen LogP contribution in [0.15, 0.2) is 121 Å². The van der Waals surface area contributed by atoms with Crippen LogP contribution in [0.4, 0.5) is 0 Å². The topological polar surface area (TPSA) is 55.4 Å². The van der Waals surface area contributed by atoms with Gasteiger partial charge < -0.3 is 28.4 Å². The molecule has 3 unspecified atom stereocenters. The highest BCUT2D eigenvalue weighted by Crippen LogP contribution is 2.34. The van der Waals surface area contributed by atoms with Crippen LogP contribution >= 0.6 is 0 Å². The highest BCUT2D eigenvalue weighted by atomic mass is 16.7. The van der Waals surface area contributed by atoms with E-state index in [2.05, 4.69) is 48.5 Å². The second-order valence-corrected chi connectivity index (χ2v) is 12.2. The summed E-state index contributed by atoms with van der Waals surface area (Å²) in [5.74, 6) is 0. The van der Waals surface area contributed by atoms with Gasteiger partial charge in [-0.15, -0.1) is 0 Å². The van der Waals surface area contributed by atoms with E-state index in [9.17, 15) is 0 Å². The van der Waals surface area contributed by atoms with Crippen LogP contribution in [0.25, 0.3) is 0 Å². The zero-order chi connectivity index (χ0) is 31.2. The van der Waals surface area contributed by atoms with Crippen molar-refractivity contribution in [3.05, 3.63) is 144 Å². The van der Waals surface area contributed by atoms with Gasteiger partial charge in [0.05, 0.1) is 39.1 Å². The van der Waals surface area contributed by atoms with Crippen LogP contribution in [-0.2, 0) is 54.8 Å². The molecule has 2 aliphatic rings. The van der Waals surface area contributed by atoms with Crippen LogP contribution in [-0.4, -0.2) is 43.4 Å². The van der Waals surface area contributed by atoms with Crippen molar-refractivity contribution in [2.24, 2.45) is 0 Å². The van der Waals surface area contributed by atoms with E-state index in [1.54, 1.807) is 0 Å². The van der Waals surface area contributed by atoms with Gasteiger partial charge in [0.2, 0.25) is 0 Å². The summed E-state index contributed by atoms with van der Waals surface area (Å²) in [5, 5.41) is 0. The third-order valence-electron chi connectivity index (χ3n) is 8.72. The molecule has 5 atom stereocenters. The Labute approximate surface area is 273 Å². The van der Waals surface area contributed by atoms with Crippen LogP contribution in [0.3, 0.4) is 0 Å². The van der Waals surface area contributed by atoms with Crippen molar-refractivity contribution in [1.29, 1.82) is 0 Å². The van der Waals surface area contributed by atoms with E-state index in [1.165, 1.54) is 6.42 Å². The molecule has 242 valence electrons. The monoisotopic (exact) mass is 622 g/mol. The first kappa shape index (κ1) is 32.6. The summed E-state index contributed by atoms with van der Waals surface area (Å²) >= 11 is 0. The van der Waals surface area contributed by atoms with Crippen molar-refractivity contribution in [3.63, 3.8) is 0 Å². The average molecular weight is 623 g/mol. The Balaban J connectivity index is 1.29. The average Bonchev–Trinajstić information content (AvgIpc) is 3.12. The Morgan fingerprint density at radius 1 is 0.478 bits per heavy atom. The molecule has 0 bridgehead atoms. The third-order valence-corrected chi connectivity index (χ3v) is 8.72. The Morgan fingerprint density at radius 3 is 1.41 bits per heavy atom. The molecule has 0 N–H and O–H groups in total. The molecule has 4 aromatic carbocycles. The second kappa shape index (κ2) is 17.5. The van der Waals surface area contributed by atoms with Crippen LogP contribution in [0.2, 0.25) is 0 Å². The molecule has 2 fully saturated rings. The summed E-state index contributed by atoms with van der Waals surface area (Å²) in [6.07, 6.45) is 3.20. The van der Waals surface area contributed by atoms with Gasteiger partial charge >= 0.3 is 0 Å². The van der Waals surface area contributed by atoms with Gasteiger partial charge in [-0.3, -0.25) is 0 Å². The fourth-order valence-corrected chi connectivity index (χ4v) is 6.25. The lowest BCUT2D eigenvalue weighted by Crippen LogP contribution is -2.62. The zero-order valence-electron chi connectivity index (χ0n) is 26.5. The molecular weight excluding hydrogens is 576 g/mol. The maximum atomic E-state index is 6.83. The molecule has 1 aliphatic carbocycles. The quantitative estimate of drug-likeness (QED) is 0.134. The summed E-state index contributed by atoms with van der Waals surface area (Å²) in [6, 6.07) is 40.9. The fourth-order valence-electron chi connectivity index (χ4n) is 6.25. The maximum Gasteiger partial charge on any atom is 0.187 e. The van der Waals surface area contributed by atoms with Crippen molar-refractivity contribution in [1.82, 2.24) is 0 Å². The van der Waals surface area contributed by atoms with Gasteiger partial charge in [-0.25, -0.2) is 0 Å². The van der Waals surface area contributed by atoms with Crippen molar-refractivity contribution < 1.29 is 28.4 Å². The molecule has 1 saturated carbocycles. The minimum atomic E-state index is -0.630. The second-order valence-electron chi connectivity index (χ2n) is 12.2. The van der Waals surface area contributed by atoms with E-state index in [1.807, 2.05) is 72.8 Å². The minimum Gasteiger partial charge on any atom is -0.374 e. The summed E-state index contributed by atoms with van der Waals surface area (Å²) in [6.45, 7) is 2.04. The molecule has 0 aromatic heterocycles. The highest BCUT2D eigenvalue weighted by molar-refractivity contribution is 5.16. The Kier molecular flexibility index (Phi) is 12.4. The summed E-state index contributed by atoms with van der Waals surface area (Å²) in [4.78, 5) is 0. The zero-order valence-corrected chi connectivity index (χ0v) is 26.5. The van der Waals surface area contributed by atoms with Gasteiger partial charge in [0, 0.05) is 0 Å². The number of rotatable bonds is 15. The maximum absolute atomic E-state index is 6.83. The van der Waals surface area contributed by atoms with E-state index in [-0.39, 0.29) is 6.10 Å². The van der Waals surface area contributed by atoms with E-state index in [4.69, 9.17) is 28.4 Å². The Bertz CT molecular complexity index is 1380. The molecule has 6 nitrogen and oxygen atoms in total. The van der Waals surface area contributed by atoms with Gasteiger partial charge in [0.1, 0.15) is 24.4 Å². The van der Waals surface area contributed by atoms with Gasteiger partial charge in [-0.2, -0.15) is 0 Å². The van der Waals surface area contributed by atoms with Crippen LogP contribution in [0.1, 0.15) is 54.4 Å². The lowest BCUT2D eigenvalue weighted by atomic mass is 9.96. The highest BCUT2D eigenvalue weighted by Gasteiger charge is 2.49. The molecule has 1 saturated heterocycles. The minimum absolute atomic E-state index is 0.115. The fraction of sp³-hybridized carbons (Fsp3) is 0.400. The molecule has 1 aliphatic heterocycles. The molecular formula is C40H46O6. The summed E-state index contributed by atoms with van der Waals surface area (Å²) < 4.78 is 40.2. The molecule has 6 heteroatoms. The van der Waals surface area contributed by atoms with E-state index >= 15 is 0 Å². The van der Waals surface area contributed by atoms with Crippen molar-refractivity contribution in [3.8, 4) is 0 Å². The van der Waals surface area contributed by atoms with Gasteiger partial charge in [0.25, 0.3) is 0 Å². The smallest absolute Gasteiger partial charge is 0.187 e. The third kappa shape index (κ3) is 9.58. The SMILES string of the molecule is c1ccc(COCC2O[C@@H](OC3CCCCC3)C(OCc3ccccc3)C(OCc3ccccc3)[C@H]2OCc2ccccc2)cc1. The van der Waals surface area contributed by atoms with Gasteiger partial charge in [-0.05, 0) is 35.1 Å². The van der Waals surface area contributed by atoms with Crippen molar-refractivity contribution in [2.45, 2.75) is 95.3 Å². The molecule has 46 heavy (non-hydrogen) atoms.